The number of halogens is 1. The monoisotopic (exact) mass is 223 g/mol. The first-order chi connectivity index (χ1) is 7.24. The molecule has 1 heterocycles. The number of aliphatic hydroxyl groups excluding tert-OH is 1. The number of hydrogen-bond donors (Lipinski definition) is 1. The minimum Gasteiger partial charge on any atom is -0.389 e. The molecule has 1 aliphatic carbocycles. The summed E-state index contributed by atoms with van der Waals surface area (Å²) in [6, 6.07) is 5.65. The van der Waals surface area contributed by atoms with E-state index in [1.165, 1.54) is 5.57 Å². The third-order valence-corrected chi connectivity index (χ3v) is 2.82. The van der Waals surface area contributed by atoms with E-state index in [0.717, 1.165) is 31.4 Å². The zero-order valence-electron chi connectivity index (χ0n) is 8.49. The molecule has 0 radical (unpaired) electrons. The van der Waals surface area contributed by atoms with Gasteiger partial charge in [-0.3, -0.25) is 0 Å². The van der Waals surface area contributed by atoms with E-state index in [9.17, 15) is 5.11 Å². The Morgan fingerprint density at radius 2 is 2.33 bits per heavy atom. The van der Waals surface area contributed by atoms with Crippen molar-refractivity contribution in [2.24, 2.45) is 0 Å². The molecule has 1 atom stereocenters. The fourth-order valence-corrected chi connectivity index (χ4v) is 2.09. The summed E-state index contributed by atoms with van der Waals surface area (Å²) >= 11 is 5.81. The van der Waals surface area contributed by atoms with Crippen LogP contribution in [0.5, 0.6) is 0 Å². The molecular formula is C12H14ClNO. The van der Waals surface area contributed by atoms with Crippen LogP contribution in [0.4, 0.5) is 0 Å². The van der Waals surface area contributed by atoms with Crippen LogP contribution in [0.1, 0.15) is 25.0 Å². The molecule has 0 aromatic carbocycles. The number of nitrogens with zero attached hydrogens (tertiary/aromatic N) is 1. The first-order valence-corrected chi connectivity index (χ1v) is 5.61. The largest absolute Gasteiger partial charge is 0.389 e. The van der Waals surface area contributed by atoms with Gasteiger partial charge in [-0.25, -0.2) is 4.98 Å². The van der Waals surface area contributed by atoms with Gasteiger partial charge >= 0.3 is 0 Å². The Balaban J connectivity index is 2.08. The van der Waals surface area contributed by atoms with Gasteiger partial charge < -0.3 is 5.11 Å². The second-order valence-electron chi connectivity index (χ2n) is 3.91. The molecule has 3 heteroatoms. The van der Waals surface area contributed by atoms with Crippen molar-refractivity contribution < 1.29 is 5.11 Å². The molecule has 2 nitrogen and oxygen atoms in total. The first kappa shape index (κ1) is 10.7. The van der Waals surface area contributed by atoms with Crippen LogP contribution in [-0.4, -0.2) is 16.2 Å². The molecule has 1 aliphatic rings. The second kappa shape index (κ2) is 4.77. The SMILES string of the molecule is OC1C=C(Cc2cccc(Cl)n2)CCC1. The van der Waals surface area contributed by atoms with Crippen LogP contribution in [0.3, 0.4) is 0 Å². The molecule has 0 fully saturated rings. The van der Waals surface area contributed by atoms with Crippen molar-refractivity contribution >= 4 is 11.6 Å². The maximum atomic E-state index is 9.49. The van der Waals surface area contributed by atoms with Crippen molar-refractivity contribution in [3.63, 3.8) is 0 Å². The van der Waals surface area contributed by atoms with E-state index in [-0.39, 0.29) is 6.10 Å². The van der Waals surface area contributed by atoms with Crippen LogP contribution in [0.25, 0.3) is 0 Å². The van der Waals surface area contributed by atoms with Crippen LogP contribution < -0.4 is 0 Å². The van der Waals surface area contributed by atoms with E-state index in [0.29, 0.717) is 5.15 Å². The van der Waals surface area contributed by atoms with Crippen molar-refractivity contribution in [3.8, 4) is 0 Å². The predicted molar refractivity (Wildman–Crippen MR) is 60.9 cm³/mol. The predicted octanol–water partition coefficient (Wildman–Crippen LogP) is 2.75. The number of aliphatic hydroxyl groups is 1. The average molecular weight is 224 g/mol. The highest BCUT2D eigenvalue weighted by Gasteiger charge is 2.11. The third-order valence-electron chi connectivity index (χ3n) is 2.61. The highest BCUT2D eigenvalue weighted by molar-refractivity contribution is 6.29. The van der Waals surface area contributed by atoms with Gasteiger partial charge in [0.15, 0.2) is 0 Å². The fourth-order valence-electron chi connectivity index (χ4n) is 1.91. The summed E-state index contributed by atoms with van der Waals surface area (Å²) < 4.78 is 0. The normalized spacial score (nSPS) is 21.2. The Labute approximate surface area is 94.6 Å². The van der Waals surface area contributed by atoms with Gasteiger partial charge in [0, 0.05) is 12.1 Å². The van der Waals surface area contributed by atoms with Crippen molar-refractivity contribution in [1.82, 2.24) is 4.98 Å². The minimum atomic E-state index is -0.270. The molecule has 1 aromatic heterocycles. The Morgan fingerprint density at radius 1 is 1.47 bits per heavy atom. The summed E-state index contributed by atoms with van der Waals surface area (Å²) in [5.41, 5.74) is 2.24. The van der Waals surface area contributed by atoms with Crippen molar-refractivity contribution in [3.05, 3.63) is 40.7 Å². The van der Waals surface area contributed by atoms with E-state index >= 15 is 0 Å². The van der Waals surface area contributed by atoms with Gasteiger partial charge in [-0.05, 0) is 31.4 Å². The maximum absolute atomic E-state index is 9.49. The third kappa shape index (κ3) is 3.05. The zero-order valence-corrected chi connectivity index (χ0v) is 9.24. The summed E-state index contributed by atoms with van der Waals surface area (Å²) in [5.74, 6) is 0. The van der Waals surface area contributed by atoms with Crippen molar-refractivity contribution in [2.75, 3.05) is 0 Å². The molecule has 1 unspecified atom stereocenters. The lowest BCUT2D eigenvalue weighted by Gasteiger charge is -2.16. The van der Waals surface area contributed by atoms with Crippen molar-refractivity contribution in [2.45, 2.75) is 31.8 Å². The first-order valence-electron chi connectivity index (χ1n) is 5.23. The number of rotatable bonds is 2. The molecule has 0 amide bonds. The van der Waals surface area contributed by atoms with Gasteiger partial charge in [-0.1, -0.05) is 29.3 Å². The Kier molecular flexibility index (Phi) is 3.39. The molecule has 0 aliphatic heterocycles. The smallest absolute Gasteiger partial charge is 0.129 e. The van der Waals surface area contributed by atoms with Gasteiger partial charge in [0.05, 0.1) is 6.10 Å². The summed E-state index contributed by atoms with van der Waals surface area (Å²) in [6.45, 7) is 0. The molecule has 2 rings (SSSR count). The Bertz CT molecular complexity index is 376. The Morgan fingerprint density at radius 3 is 3.07 bits per heavy atom. The van der Waals surface area contributed by atoms with Crippen LogP contribution in [0, 0.1) is 0 Å². The van der Waals surface area contributed by atoms with E-state index in [1.54, 1.807) is 6.07 Å². The number of allylic oxidation sites excluding steroid dienone is 1. The zero-order chi connectivity index (χ0) is 10.7. The average Bonchev–Trinajstić information content (AvgIpc) is 2.17. The quantitative estimate of drug-likeness (QED) is 0.618. The highest BCUT2D eigenvalue weighted by Crippen LogP contribution is 2.21. The molecule has 0 saturated carbocycles. The second-order valence-corrected chi connectivity index (χ2v) is 4.30. The molecule has 1 aromatic rings. The molecular weight excluding hydrogens is 210 g/mol. The highest BCUT2D eigenvalue weighted by atomic mass is 35.5. The lowest BCUT2D eigenvalue weighted by Crippen LogP contribution is -2.10. The summed E-state index contributed by atoms with van der Waals surface area (Å²) in [4.78, 5) is 4.24. The van der Waals surface area contributed by atoms with Gasteiger partial charge in [-0.15, -0.1) is 0 Å². The Hall–Kier alpha value is -0.860. The maximum Gasteiger partial charge on any atom is 0.129 e. The molecule has 0 bridgehead atoms. The van der Waals surface area contributed by atoms with Crippen LogP contribution >= 0.6 is 11.6 Å². The van der Waals surface area contributed by atoms with E-state index < -0.39 is 0 Å². The van der Waals surface area contributed by atoms with Gasteiger partial charge in [0.1, 0.15) is 5.15 Å². The summed E-state index contributed by atoms with van der Waals surface area (Å²) in [7, 11) is 0. The van der Waals surface area contributed by atoms with E-state index in [2.05, 4.69) is 4.98 Å². The number of aromatic nitrogens is 1. The fraction of sp³-hybridized carbons (Fsp3) is 0.417. The van der Waals surface area contributed by atoms with Gasteiger partial charge in [0.25, 0.3) is 0 Å². The van der Waals surface area contributed by atoms with Crippen LogP contribution in [-0.2, 0) is 6.42 Å². The lowest BCUT2D eigenvalue weighted by molar-refractivity contribution is 0.202. The topological polar surface area (TPSA) is 33.1 Å². The van der Waals surface area contributed by atoms with Gasteiger partial charge in [-0.2, -0.15) is 0 Å². The molecule has 80 valence electrons. The van der Waals surface area contributed by atoms with Crippen molar-refractivity contribution in [1.29, 1.82) is 0 Å². The number of pyridine rings is 1. The molecule has 0 saturated heterocycles. The lowest BCUT2D eigenvalue weighted by atomic mass is 9.94. The van der Waals surface area contributed by atoms with E-state index in [1.807, 2.05) is 18.2 Å². The standard InChI is InChI=1S/C12H14ClNO/c13-12-6-2-4-10(14-12)7-9-3-1-5-11(15)8-9/h2,4,6,8,11,15H,1,3,5,7H2. The molecule has 0 spiro atoms. The molecule has 15 heavy (non-hydrogen) atoms. The van der Waals surface area contributed by atoms with Gasteiger partial charge in [0.2, 0.25) is 0 Å². The molecule has 1 N–H and O–H groups in total. The summed E-state index contributed by atoms with van der Waals surface area (Å²) in [6.07, 6.45) is 5.49. The van der Waals surface area contributed by atoms with Crippen LogP contribution in [0.2, 0.25) is 5.15 Å². The van der Waals surface area contributed by atoms with E-state index in [4.69, 9.17) is 11.6 Å². The summed E-state index contributed by atoms with van der Waals surface area (Å²) in [5, 5.41) is 10.0. The van der Waals surface area contributed by atoms with Crippen LogP contribution in [0.15, 0.2) is 29.8 Å². The number of hydrogen-bond acceptors (Lipinski definition) is 2. The minimum absolute atomic E-state index is 0.270.